The fraction of sp³-hybridized carbons (Fsp3) is 0.533. The van der Waals surface area contributed by atoms with Crippen molar-refractivity contribution in [2.24, 2.45) is 0 Å². The fourth-order valence-corrected chi connectivity index (χ4v) is 4.46. The number of benzene rings is 1. The lowest BCUT2D eigenvalue weighted by atomic mass is 10.1. The summed E-state index contributed by atoms with van der Waals surface area (Å²) in [5.74, 6) is -0.584. The number of hydrogen-bond acceptors (Lipinski definition) is 5. The van der Waals surface area contributed by atoms with E-state index < -0.39 is 15.8 Å². The molecular weight excluding hydrogens is 306 g/mol. The number of carboxylic acids is 1. The van der Waals surface area contributed by atoms with E-state index in [0.29, 0.717) is 26.1 Å². The molecule has 0 radical (unpaired) electrons. The third kappa shape index (κ3) is 4.53. The van der Waals surface area contributed by atoms with E-state index in [1.807, 2.05) is 6.07 Å². The molecule has 1 aromatic carbocycles. The summed E-state index contributed by atoms with van der Waals surface area (Å²) in [5, 5.41) is 9.05. The van der Waals surface area contributed by atoms with Gasteiger partial charge in [0.25, 0.3) is 0 Å². The average Bonchev–Trinajstić information content (AvgIpc) is 2.84. The molecule has 0 saturated carbocycles. The predicted octanol–water partition coefficient (Wildman–Crippen LogP) is 1.02. The van der Waals surface area contributed by atoms with Crippen LogP contribution in [0.5, 0.6) is 0 Å². The monoisotopic (exact) mass is 327 g/mol. The Bertz CT molecular complexity index is 629. The van der Waals surface area contributed by atoms with Crippen LogP contribution in [0.3, 0.4) is 0 Å². The van der Waals surface area contributed by atoms with E-state index >= 15 is 0 Å². The van der Waals surface area contributed by atoms with Gasteiger partial charge in [-0.3, -0.25) is 4.90 Å². The van der Waals surface area contributed by atoms with Crippen molar-refractivity contribution in [2.75, 3.05) is 31.8 Å². The first-order valence-electron chi connectivity index (χ1n) is 7.17. The van der Waals surface area contributed by atoms with Gasteiger partial charge >= 0.3 is 5.97 Å². The van der Waals surface area contributed by atoms with Crippen LogP contribution in [0.2, 0.25) is 0 Å². The van der Waals surface area contributed by atoms with Crippen molar-refractivity contribution >= 4 is 15.8 Å². The lowest BCUT2D eigenvalue weighted by molar-refractivity contribution is 0.0696. The van der Waals surface area contributed by atoms with Crippen LogP contribution in [0.1, 0.15) is 22.3 Å². The second-order valence-corrected chi connectivity index (χ2v) is 7.75. The normalized spacial score (nSPS) is 20.4. The summed E-state index contributed by atoms with van der Waals surface area (Å²) in [7, 11) is -1.35. The van der Waals surface area contributed by atoms with Gasteiger partial charge in [0, 0.05) is 26.2 Å². The van der Waals surface area contributed by atoms with Gasteiger partial charge in [0.05, 0.1) is 23.7 Å². The molecule has 1 unspecified atom stereocenters. The van der Waals surface area contributed by atoms with Crippen molar-refractivity contribution in [1.29, 1.82) is 0 Å². The van der Waals surface area contributed by atoms with E-state index in [1.165, 1.54) is 0 Å². The highest BCUT2D eigenvalue weighted by atomic mass is 32.2. The molecule has 1 N–H and O–H groups in total. The Morgan fingerprint density at radius 2 is 2.23 bits per heavy atom. The van der Waals surface area contributed by atoms with E-state index in [1.54, 1.807) is 25.3 Å². The third-order valence-corrected chi connectivity index (χ3v) is 5.62. The number of sulfone groups is 1. The Morgan fingerprint density at radius 3 is 2.82 bits per heavy atom. The van der Waals surface area contributed by atoms with E-state index in [4.69, 9.17) is 9.84 Å². The lowest BCUT2D eigenvalue weighted by Gasteiger charge is -2.27. The standard InChI is InChI=1S/C15H21NO5S/c1-21-7-6-16(14-5-8-22(19,20)11-14)10-12-3-2-4-13(9-12)15(17)18/h2-4,9,14H,5-8,10-11H2,1H3,(H,17,18). The smallest absolute Gasteiger partial charge is 0.335 e. The zero-order valence-electron chi connectivity index (χ0n) is 12.6. The highest BCUT2D eigenvalue weighted by molar-refractivity contribution is 7.91. The Balaban J connectivity index is 2.12. The Labute approximate surface area is 130 Å². The molecule has 1 heterocycles. The quantitative estimate of drug-likeness (QED) is 0.805. The first-order valence-corrected chi connectivity index (χ1v) is 8.99. The number of carbonyl (C=O) groups is 1. The van der Waals surface area contributed by atoms with Crippen LogP contribution >= 0.6 is 0 Å². The van der Waals surface area contributed by atoms with Crippen molar-refractivity contribution in [2.45, 2.75) is 19.0 Å². The molecule has 0 aliphatic carbocycles. The molecule has 122 valence electrons. The molecule has 1 fully saturated rings. The Morgan fingerprint density at radius 1 is 1.45 bits per heavy atom. The van der Waals surface area contributed by atoms with Crippen LogP contribution in [0.25, 0.3) is 0 Å². The zero-order valence-corrected chi connectivity index (χ0v) is 13.4. The van der Waals surface area contributed by atoms with Crippen molar-refractivity contribution in [3.8, 4) is 0 Å². The minimum atomic E-state index is -2.96. The third-order valence-electron chi connectivity index (χ3n) is 3.87. The van der Waals surface area contributed by atoms with Gasteiger partial charge in [0.1, 0.15) is 0 Å². The van der Waals surface area contributed by atoms with Crippen LogP contribution in [-0.4, -0.2) is 62.2 Å². The largest absolute Gasteiger partial charge is 0.478 e. The number of hydrogen-bond donors (Lipinski definition) is 1. The summed E-state index contributed by atoms with van der Waals surface area (Å²) >= 11 is 0. The first-order chi connectivity index (χ1) is 10.4. The van der Waals surface area contributed by atoms with Gasteiger partial charge in [-0.25, -0.2) is 13.2 Å². The molecule has 0 amide bonds. The summed E-state index contributed by atoms with van der Waals surface area (Å²) in [5.41, 5.74) is 1.10. The molecule has 1 saturated heterocycles. The van der Waals surface area contributed by atoms with Crippen LogP contribution in [-0.2, 0) is 21.1 Å². The number of aromatic carboxylic acids is 1. The average molecular weight is 327 g/mol. The van der Waals surface area contributed by atoms with Crippen molar-refractivity contribution in [3.05, 3.63) is 35.4 Å². The van der Waals surface area contributed by atoms with Crippen LogP contribution in [0.15, 0.2) is 24.3 Å². The van der Waals surface area contributed by atoms with Gasteiger partial charge < -0.3 is 9.84 Å². The molecule has 1 aliphatic rings. The van der Waals surface area contributed by atoms with Gasteiger partial charge in [-0.15, -0.1) is 0 Å². The van der Waals surface area contributed by atoms with E-state index in [-0.39, 0.29) is 23.1 Å². The SMILES string of the molecule is COCCN(Cc1cccc(C(=O)O)c1)C1CCS(=O)(=O)C1. The van der Waals surface area contributed by atoms with E-state index in [9.17, 15) is 13.2 Å². The van der Waals surface area contributed by atoms with Crippen molar-refractivity contribution in [1.82, 2.24) is 4.90 Å². The van der Waals surface area contributed by atoms with E-state index in [2.05, 4.69) is 4.90 Å². The van der Waals surface area contributed by atoms with Crippen molar-refractivity contribution in [3.63, 3.8) is 0 Å². The maximum Gasteiger partial charge on any atom is 0.335 e. The summed E-state index contributed by atoms with van der Waals surface area (Å²) in [6.07, 6.45) is 0.616. The van der Waals surface area contributed by atoms with Gasteiger partial charge in [-0.1, -0.05) is 12.1 Å². The maximum atomic E-state index is 11.7. The number of ether oxygens (including phenoxy) is 1. The number of methoxy groups -OCH3 is 1. The second-order valence-electron chi connectivity index (χ2n) is 5.53. The molecule has 6 nitrogen and oxygen atoms in total. The molecule has 22 heavy (non-hydrogen) atoms. The summed E-state index contributed by atoms with van der Waals surface area (Å²) < 4.78 is 28.5. The molecule has 1 aromatic rings. The lowest BCUT2D eigenvalue weighted by Crippen LogP contribution is -2.38. The molecule has 1 aliphatic heterocycles. The van der Waals surface area contributed by atoms with Crippen molar-refractivity contribution < 1.29 is 23.1 Å². The number of nitrogens with zero attached hydrogens (tertiary/aromatic N) is 1. The maximum absolute atomic E-state index is 11.7. The highest BCUT2D eigenvalue weighted by Gasteiger charge is 2.32. The number of carboxylic acid groups (broad SMARTS) is 1. The van der Waals surface area contributed by atoms with Gasteiger partial charge in [-0.2, -0.15) is 0 Å². The molecule has 2 rings (SSSR count). The topological polar surface area (TPSA) is 83.9 Å². The van der Waals surface area contributed by atoms with Crippen LogP contribution in [0, 0.1) is 0 Å². The number of rotatable bonds is 7. The molecule has 7 heteroatoms. The van der Waals surface area contributed by atoms with Gasteiger partial charge in [0.2, 0.25) is 0 Å². The minimum absolute atomic E-state index is 0.0337. The molecular formula is C15H21NO5S. The summed E-state index contributed by atoms with van der Waals surface area (Å²) in [4.78, 5) is 13.1. The second kappa shape index (κ2) is 7.21. The summed E-state index contributed by atoms with van der Waals surface area (Å²) in [6, 6.07) is 6.71. The Hall–Kier alpha value is -1.44. The predicted molar refractivity (Wildman–Crippen MR) is 82.7 cm³/mol. The first kappa shape index (κ1) is 16.9. The summed E-state index contributed by atoms with van der Waals surface area (Å²) in [6.45, 7) is 1.65. The van der Waals surface area contributed by atoms with Crippen LogP contribution < -0.4 is 0 Å². The zero-order chi connectivity index (χ0) is 16.2. The molecule has 0 aromatic heterocycles. The molecule has 1 atom stereocenters. The van der Waals surface area contributed by atoms with Gasteiger partial charge in [0.15, 0.2) is 9.84 Å². The van der Waals surface area contributed by atoms with E-state index in [0.717, 1.165) is 5.56 Å². The molecule has 0 bridgehead atoms. The Kier molecular flexibility index (Phi) is 5.55. The van der Waals surface area contributed by atoms with Gasteiger partial charge in [-0.05, 0) is 24.1 Å². The van der Waals surface area contributed by atoms with Crippen LogP contribution in [0.4, 0.5) is 0 Å². The molecule has 0 spiro atoms. The highest BCUT2D eigenvalue weighted by Crippen LogP contribution is 2.20. The minimum Gasteiger partial charge on any atom is -0.478 e. The fourth-order valence-electron chi connectivity index (χ4n) is 2.70.